The number of benzene rings is 1. The van der Waals surface area contributed by atoms with Crippen LogP contribution in [0.4, 0.5) is 5.69 Å². The largest absolute Gasteiger partial charge is 0.272 e. The summed E-state index contributed by atoms with van der Waals surface area (Å²) in [5, 5.41) is 10.9. The topological polar surface area (TPSA) is 43.1 Å². The third-order valence-corrected chi connectivity index (χ3v) is 5.78. The van der Waals surface area contributed by atoms with Gasteiger partial charge in [-0.3, -0.25) is 10.1 Å². The number of hydrogen-bond acceptors (Lipinski definition) is 3. The lowest BCUT2D eigenvalue weighted by molar-refractivity contribution is -0.385. The van der Waals surface area contributed by atoms with Crippen LogP contribution in [0.15, 0.2) is 30.3 Å². The van der Waals surface area contributed by atoms with Gasteiger partial charge < -0.3 is 0 Å². The number of aryl methyl sites for hydroxylation is 2. The lowest BCUT2D eigenvalue weighted by Gasteiger charge is -2.08. The number of thiophene rings is 1. The fraction of sp³-hybridized carbons (Fsp3) is 0.375. The van der Waals surface area contributed by atoms with Gasteiger partial charge in [0.25, 0.3) is 5.69 Å². The molecular formula is C16H16ClNO2S. The molecular weight excluding hydrogens is 306 g/mol. The Balaban J connectivity index is 1.82. The monoisotopic (exact) mass is 321 g/mol. The minimum atomic E-state index is -0.335. The normalized spacial score (nSPS) is 15.5. The molecule has 0 spiro atoms. The summed E-state index contributed by atoms with van der Waals surface area (Å²) in [4.78, 5) is 13.3. The molecule has 0 amide bonds. The lowest BCUT2D eigenvalue weighted by Crippen LogP contribution is -1.99. The van der Waals surface area contributed by atoms with Gasteiger partial charge in [-0.25, -0.2) is 0 Å². The fourth-order valence-electron chi connectivity index (χ4n) is 2.82. The molecule has 0 aliphatic heterocycles. The van der Waals surface area contributed by atoms with Gasteiger partial charge in [0.15, 0.2) is 0 Å². The quantitative estimate of drug-likeness (QED) is 0.449. The first-order valence-corrected chi connectivity index (χ1v) is 8.38. The van der Waals surface area contributed by atoms with Gasteiger partial charge in [0.2, 0.25) is 0 Å². The molecule has 3 rings (SSSR count). The van der Waals surface area contributed by atoms with E-state index in [0.717, 1.165) is 17.7 Å². The van der Waals surface area contributed by atoms with Crippen LogP contribution in [0.3, 0.4) is 0 Å². The van der Waals surface area contributed by atoms with Crippen molar-refractivity contribution in [1.29, 1.82) is 0 Å². The van der Waals surface area contributed by atoms with Crippen LogP contribution in [0.2, 0.25) is 0 Å². The van der Waals surface area contributed by atoms with Crippen molar-refractivity contribution < 1.29 is 4.92 Å². The number of para-hydroxylation sites is 1. The Morgan fingerprint density at radius 1 is 1.29 bits per heavy atom. The summed E-state index contributed by atoms with van der Waals surface area (Å²) in [6.45, 7) is 0. The first-order chi connectivity index (χ1) is 10.1. The Morgan fingerprint density at radius 3 is 2.81 bits per heavy atom. The molecule has 1 aromatic carbocycles. The van der Waals surface area contributed by atoms with Gasteiger partial charge in [-0.15, -0.1) is 22.9 Å². The van der Waals surface area contributed by atoms with Crippen molar-refractivity contribution in [3.8, 4) is 0 Å². The van der Waals surface area contributed by atoms with E-state index in [9.17, 15) is 10.1 Å². The van der Waals surface area contributed by atoms with Crippen molar-refractivity contribution in [3.63, 3.8) is 0 Å². The second kappa shape index (κ2) is 6.16. The van der Waals surface area contributed by atoms with Gasteiger partial charge in [0, 0.05) is 27.8 Å². The molecule has 110 valence electrons. The van der Waals surface area contributed by atoms with Crippen LogP contribution < -0.4 is 0 Å². The number of nitro groups is 1. The smallest absolute Gasteiger partial charge is 0.258 e. The van der Waals surface area contributed by atoms with E-state index in [0.29, 0.717) is 12.0 Å². The lowest BCUT2D eigenvalue weighted by atomic mass is 9.98. The third kappa shape index (κ3) is 3.11. The molecule has 1 heterocycles. The minimum Gasteiger partial charge on any atom is -0.258 e. The zero-order valence-corrected chi connectivity index (χ0v) is 13.1. The highest BCUT2D eigenvalue weighted by atomic mass is 35.5. The second-order valence-electron chi connectivity index (χ2n) is 5.36. The van der Waals surface area contributed by atoms with E-state index in [-0.39, 0.29) is 16.0 Å². The Labute approximate surface area is 132 Å². The molecule has 0 fully saturated rings. The number of nitrogens with zero attached hydrogens (tertiary/aromatic N) is 1. The van der Waals surface area contributed by atoms with E-state index in [1.54, 1.807) is 29.5 Å². The van der Waals surface area contributed by atoms with Crippen LogP contribution in [0.5, 0.6) is 0 Å². The fourth-order valence-corrected chi connectivity index (χ4v) is 4.42. The van der Waals surface area contributed by atoms with Gasteiger partial charge in [-0.1, -0.05) is 18.2 Å². The van der Waals surface area contributed by atoms with Crippen molar-refractivity contribution in [1.82, 2.24) is 0 Å². The third-order valence-electron chi connectivity index (χ3n) is 3.91. The first kappa shape index (κ1) is 14.5. The first-order valence-electron chi connectivity index (χ1n) is 7.13. The molecule has 1 aliphatic carbocycles. The Kier molecular flexibility index (Phi) is 4.27. The Bertz CT molecular complexity index is 645. The molecule has 0 radical (unpaired) electrons. The van der Waals surface area contributed by atoms with E-state index in [1.165, 1.54) is 23.3 Å². The molecule has 1 aromatic heterocycles. The zero-order valence-electron chi connectivity index (χ0n) is 11.5. The van der Waals surface area contributed by atoms with Crippen LogP contribution in [-0.4, -0.2) is 4.92 Å². The van der Waals surface area contributed by atoms with Crippen molar-refractivity contribution in [2.75, 3.05) is 0 Å². The summed E-state index contributed by atoms with van der Waals surface area (Å²) >= 11 is 8.30. The zero-order chi connectivity index (χ0) is 14.8. The average molecular weight is 322 g/mol. The highest BCUT2D eigenvalue weighted by Crippen LogP contribution is 2.37. The van der Waals surface area contributed by atoms with Gasteiger partial charge in [0.05, 0.1) is 10.3 Å². The molecule has 0 saturated carbocycles. The Hall–Kier alpha value is -1.39. The van der Waals surface area contributed by atoms with Crippen molar-refractivity contribution in [2.45, 2.75) is 37.5 Å². The second-order valence-corrected chi connectivity index (χ2v) is 7.06. The molecule has 1 atom stereocenters. The minimum absolute atomic E-state index is 0.157. The van der Waals surface area contributed by atoms with Crippen LogP contribution in [0.1, 0.15) is 39.1 Å². The summed E-state index contributed by atoms with van der Waals surface area (Å²) in [7, 11) is 0. The maximum absolute atomic E-state index is 11.1. The van der Waals surface area contributed by atoms with Gasteiger partial charge >= 0.3 is 0 Å². The van der Waals surface area contributed by atoms with Crippen LogP contribution in [-0.2, 0) is 19.3 Å². The number of alkyl halides is 1. The predicted octanol–water partition coefficient (Wildman–Crippen LogP) is 5.06. The number of rotatable bonds is 4. The van der Waals surface area contributed by atoms with E-state index in [2.05, 4.69) is 6.07 Å². The van der Waals surface area contributed by atoms with Gasteiger partial charge in [-0.05, 0) is 37.3 Å². The summed E-state index contributed by atoms with van der Waals surface area (Å²) < 4.78 is 0. The molecule has 0 saturated heterocycles. The van der Waals surface area contributed by atoms with Crippen molar-refractivity contribution >= 4 is 28.6 Å². The van der Waals surface area contributed by atoms with E-state index in [4.69, 9.17) is 11.6 Å². The maximum Gasteiger partial charge on any atom is 0.272 e. The highest BCUT2D eigenvalue weighted by molar-refractivity contribution is 7.12. The van der Waals surface area contributed by atoms with E-state index >= 15 is 0 Å². The number of nitro benzene ring substituents is 1. The number of fused-ring (bicyclic) bond motifs is 1. The summed E-state index contributed by atoms with van der Waals surface area (Å²) in [5.41, 5.74) is 2.29. The molecule has 1 unspecified atom stereocenters. The molecule has 21 heavy (non-hydrogen) atoms. The summed E-state index contributed by atoms with van der Waals surface area (Å²) in [6, 6.07) is 9.05. The molecule has 2 aromatic rings. The van der Waals surface area contributed by atoms with E-state index in [1.807, 2.05) is 6.07 Å². The highest BCUT2D eigenvalue weighted by Gasteiger charge is 2.21. The Morgan fingerprint density at radius 2 is 2.05 bits per heavy atom. The van der Waals surface area contributed by atoms with E-state index < -0.39 is 0 Å². The molecule has 0 bridgehead atoms. The number of halogens is 1. The molecule has 5 heteroatoms. The average Bonchev–Trinajstić information content (AvgIpc) is 2.91. The number of hydrogen-bond donors (Lipinski definition) is 0. The van der Waals surface area contributed by atoms with Crippen LogP contribution in [0.25, 0.3) is 0 Å². The SMILES string of the molecule is O=[N+]([O-])c1ccccc1CC(Cl)c1cc2c(s1)CCCC2. The predicted molar refractivity (Wildman–Crippen MR) is 86.4 cm³/mol. The standard InChI is InChI=1S/C16H16ClNO2S/c17-13(9-11-5-1-3-7-14(11)18(19)20)16-10-12-6-2-4-8-15(12)21-16/h1,3,5,7,10,13H,2,4,6,8-9H2. The van der Waals surface area contributed by atoms with Gasteiger partial charge in [-0.2, -0.15) is 0 Å². The van der Waals surface area contributed by atoms with Crippen LogP contribution in [0, 0.1) is 10.1 Å². The van der Waals surface area contributed by atoms with Gasteiger partial charge in [0.1, 0.15) is 0 Å². The van der Waals surface area contributed by atoms with Crippen LogP contribution >= 0.6 is 22.9 Å². The summed E-state index contributed by atoms with van der Waals surface area (Å²) in [6.07, 6.45) is 5.29. The summed E-state index contributed by atoms with van der Waals surface area (Å²) in [5.74, 6) is 0. The maximum atomic E-state index is 11.1. The molecule has 0 N–H and O–H groups in total. The van der Waals surface area contributed by atoms with Crippen molar-refractivity contribution in [3.05, 3.63) is 61.3 Å². The van der Waals surface area contributed by atoms with Crippen molar-refractivity contribution in [2.24, 2.45) is 0 Å². The molecule has 1 aliphatic rings. The molecule has 3 nitrogen and oxygen atoms in total.